The van der Waals surface area contributed by atoms with Crippen LogP contribution in [-0.4, -0.2) is 15.0 Å². The summed E-state index contributed by atoms with van der Waals surface area (Å²) in [5, 5.41) is 13.1. The summed E-state index contributed by atoms with van der Waals surface area (Å²) in [5.41, 5.74) is 5.96. The fourth-order valence-electron chi connectivity index (χ4n) is 8.56. The first-order valence-corrected chi connectivity index (χ1v) is 18.1. The highest BCUT2D eigenvalue weighted by Crippen LogP contribution is 2.46. The molecule has 0 amide bonds. The number of furan rings is 2. The molecule has 0 fully saturated rings. The quantitative estimate of drug-likeness (QED) is 0.173. The monoisotopic (exact) mass is 689 g/mol. The van der Waals surface area contributed by atoms with E-state index in [9.17, 15) is 0 Å². The van der Waals surface area contributed by atoms with E-state index in [1.54, 1.807) is 0 Å². The van der Waals surface area contributed by atoms with Crippen LogP contribution in [-0.2, 0) is 0 Å². The van der Waals surface area contributed by atoms with Crippen molar-refractivity contribution >= 4 is 87.0 Å². The normalized spacial score (nSPS) is 12.1. The van der Waals surface area contributed by atoms with Gasteiger partial charge in [-0.25, -0.2) is 15.0 Å². The molecule has 0 aliphatic heterocycles. The number of rotatable bonds is 3. The van der Waals surface area contributed by atoms with E-state index >= 15 is 0 Å². The number of benzene rings is 9. The summed E-state index contributed by atoms with van der Waals surface area (Å²) >= 11 is 0. The Balaban J connectivity index is 1.23. The molecule has 5 heteroatoms. The zero-order valence-electron chi connectivity index (χ0n) is 28.7. The molecule has 3 aromatic heterocycles. The zero-order chi connectivity index (χ0) is 35.3. The smallest absolute Gasteiger partial charge is 0.165 e. The van der Waals surface area contributed by atoms with Crippen molar-refractivity contribution in [3.05, 3.63) is 164 Å². The average molecular weight is 690 g/mol. The number of fused-ring (bicyclic) bond motifs is 14. The topological polar surface area (TPSA) is 65.0 Å². The first kappa shape index (κ1) is 29.2. The van der Waals surface area contributed by atoms with Gasteiger partial charge in [-0.15, -0.1) is 0 Å². The highest BCUT2D eigenvalue weighted by molar-refractivity contribution is 6.33. The van der Waals surface area contributed by atoms with Gasteiger partial charge in [-0.1, -0.05) is 140 Å². The van der Waals surface area contributed by atoms with Crippen LogP contribution in [0, 0.1) is 0 Å². The van der Waals surface area contributed by atoms with Gasteiger partial charge in [0.25, 0.3) is 0 Å². The summed E-state index contributed by atoms with van der Waals surface area (Å²) in [5.74, 6) is 1.75. The molecule has 0 radical (unpaired) electrons. The second-order valence-electron chi connectivity index (χ2n) is 13.9. The molecule has 250 valence electrons. The van der Waals surface area contributed by atoms with E-state index in [1.165, 1.54) is 16.2 Å². The van der Waals surface area contributed by atoms with E-state index in [1.807, 2.05) is 60.7 Å². The SMILES string of the molecule is c1ccc(-c2nc(-c3cccc4oc5ccccc5c34)nc(-c3c4ccccc4cc4oc5c(ccc6c7ccccc7c7ccccc7c65)c34)n2)cc1. The molecule has 0 spiro atoms. The largest absolute Gasteiger partial charge is 0.456 e. The van der Waals surface area contributed by atoms with E-state index in [2.05, 4.69) is 103 Å². The predicted molar refractivity (Wildman–Crippen MR) is 221 cm³/mol. The molecular formula is C49H27N3O2. The molecule has 0 bridgehead atoms. The Kier molecular flexibility index (Phi) is 5.99. The maximum absolute atomic E-state index is 7.03. The molecule has 3 heterocycles. The minimum absolute atomic E-state index is 0.577. The van der Waals surface area contributed by atoms with Crippen LogP contribution >= 0.6 is 0 Å². The summed E-state index contributed by atoms with van der Waals surface area (Å²) in [6.07, 6.45) is 0. The van der Waals surface area contributed by atoms with Crippen molar-refractivity contribution in [1.29, 1.82) is 0 Å². The van der Waals surface area contributed by atoms with Crippen LogP contribution in [0.3, 0.4) is 0 Å². The van der Waals surface area contributed by atoms with Crippen molar-refractivity contribution in [2.45, 2.75) is 0 Å². The summed E-state index contributed by atoms with van der Waals surface area (Å²) in [6, 6.07) is 56.6. The third kappa shape index (κ3) is 4.12. The molecule has 12 rings (SSSR count). The standard InChI is InChI=1S/C49H27N3O2/c1-2-13-28(14-3-1)47-50-48(38-22-12-24-40-42(38)36-21-10-11-23-39(36)53-40)52-49(51-47)45-30-16-5-4-15-29(30)27-41-44(45)37-26-25-35-33-19-7-6-17-31(33)32-18-8-9-20-34(32)43(35)46(37)54-41/h1-27H. The Bertz CT molecular complexity index is 3470. The van der Waals surface area contributed by atoms with E-state index in [0.717, 1.165) is 87.5 Å². The molecule has 9 aromatic carbocycles. The molecule has 54 heavy (non-hydrogen) atoms. The highest BCUT2D eigenvalue weighted by atomic mass is 16.3. The summed E-state index contributed by atoms with van der Waals surface area (Å²) in [6.45, 7) is 0. The van der Waals surface area contributed by atoms with E-state index < -0.39 is 0 Å². The fraction of sp³-hybridized carbons (Fsp3) is 0. The summed E-state index contributed by atoms with van der Waals surface area (Å²) < 4.78 is 13.3. The Morgan fingerprint density at radius 3 is 1.74 bits per heavy atom. The minimum Gasteiger partial charge on any atom is -0.456 e. The number of hydrogen-bond donors (Lipinski definition) is 0. The Hall–Kier alpha value is -7.37. The fourth-order valence-corrected chi connectivity index (χ4v) is 8.56. The van der Waals surface area contributed by atoms with E-state index in [0.29, 0.717) is 17.5 Å². The van der Waals surface area contributed by atoms with Crippen LogP contribution in [0.25, 0.3) is 121 Å². The van der Waals surface area contributed by atoms with Gasteiger partial charge in [-0.3, -0.25) is 0 Å². The lowest BCUT2D eigenvalue weighted by Gasteiger charge is -2.12. The highest BCUT2D eigenvalue weighted by Gasteiger charge is 2.24. The van der Waals surface area contributed by atoms with Crippen molar-refractivity contribution in [2.24, 2.45) is 0 Å². The van der Waals surface area contributed by atoms with Gasteiger partial charge in [0.05, 0.1) is 0 Å². The number of hydrogen-bond acceptors (Lipinski definition) is 5. The van der Waals surface area contributed by atoms with Crippen LogP contribution in [0.15, 0.2) is 173 Å². The molecule has 0 N–H and O–H groups in total. The molecule has 0 unspecified atom stereocenters. The average Bonchev–Trinajstić information content (AvgIpc) is 3.81. The van der Waals surface area contributed by atoms with Gasteiger partial charge in [-0.05, 0) is 62.0 Å². The molecule has 0 saturated heterocycles. The Labute approximate surface area is 307 Å². The molecule has 0 saturated carbocycles. The zero-order valence-corrected chi connectivity index (χ0v) is 28.7. The maximum atomic E-state index is 7.03. The minimum atomic E-state index is 0.577. The lowest BCUT2D eigenvalue weighted by Crippen LogP contribution is -2.01. The second kappa shape index (κ2) is 11.1. The maximum Gasteiger partial charge on any atom is 0.165 e. The predicted octanol–water partition coefficient (Wildman–Crippen LogP) is 13.3. The van der Waals surface area contributed by atoms with Crippen molar-refractivity contribution in [2.75, 3.05) is 0 Å². The van der Waals surface area contributed by atoms with Gasteiger partial charge in [-0.2, -0.15) is 0 Å². The molecule has 5 nitrogen and oxygen atoms in total. The molecule has 0 aliphatic carbocycles. The molecule has 0 atom stereocenters. The molecule has 12 aromatic rings. The Morgan fingerprint density at radius 1 is 0.333 bits per heavy atom. The van der Waals surface area contributed by atoms with E-state index in [4.69, 9.17) is 23.8 Å². The number of nitrogens with zero attached hydrogens (tertiary/aromatic N) is 3. The van der Waals surface area contributed by atoms with Gasteiger partial charge in [0.2, 0.25) is 0 Å². The number of aromatic nitrogens is 3. The lowest BCUT2D eigenvalue weighted by atomic mass is 9.92. The number of para-hydroxylation sites is 1. The van der Waals surface area contributed by atoms with Gasteiger partial charge in [0, 0.05) is 43.6 Å². The van der Waals surface area contributed by atoms with Crippen molar-refractivity contribution in [3.8, 4) is 34.2 Å². The summed E-state index contributed by atoms with van der Waals surface area (Å²) in [7, 11) is 0. The van der Waals surface area contributed by atoms with E-state index in [-0.39, 0.29) is 0 Å². The van der Waals surface area contributed by atoms with Crippen LogP contribution in [0.1, 0.15) is 0 Å². The lowest BCUT2D eigenvalue weighted by molar-refractivity contribution is 0.669. The van der Waals surface area contributed by atoms with Gasteiger partial charge in [0.1, 0.15) is 22.3 Å². The van der Waals surface area contributed by atoms with Crippen molar-refractivity contribution < 1.29 is 8.83 Å². The van der Waals surface area contributed by atoms with Crippen LogP contribution in [0.5, 0.6) is 0 Å². The van der Waals surface area contributed by atoms with Gasteiger partial charge in [0.15, 0.2) is 17.5 Å². The Morgan fingerprint density at radius 2 is 0.926 bits per heavy atom. The second-order valence-corrected chi connectivity index (χ2v) is 13.9. The molecule has 0 aliphatic rings. The third-order valence-electron chi connectivity index (χ3n) is 10.9. The van der Waals surface area contributed by atoms with Crippen LogP contribution in [0.4, 0.5) is 0 Å². The van der Waals surface area contributed by atoms with Crippen molar-refractivity contribution in [3.63, 3.8) is 0 Å². The molecular weight excluding hydrogens is 663 g/mol. The van der Waals surface area contributed by atoms with Gasteiger partial charge < -0.3 is 8.83 Å². The first-order chi connectivity index (χ1) is 26.8. The summed E-state index contributed by atoms with van der Waals surface area (Å²) in [4.78, 5) is 15.8. The van der Waals surface area contributed by atoms with Crippen LogP contribution < -0.4 is 0 Å². The third-order valence-corrected chi connectivity index (χ3v) is 10.9. The first-order valence-electron chi connectivity index (χ1n) is 18.1. The van der Waals surface area contributed by atoms with Crippen LogP contribution in [0.2, 0.25) is 0 Å². The van der Waals surface area contributed by atoms with Gasteiger partial charge >= 0.3 is 0 Å². The van der Waals surface area contributed by atoms with Crippen molar-refractivity contribution in [1.82, 2.24) is 15.0 Å².